The monoisotopic (exact) mass is 289 g/mol. The van der Waals surface area contributed by atoms with Crippen molar-refractivity contribution in [3.63, 3.8) is 0 Å². The Morgan fingerprint density at radius 1 is 1.43 bits per heavy atom. The van der Waals surface area contributed by atoms with Gasteiger partial charge in [0.05, 0.1) is 0 Å². The number of aromatic nitrogens is 2. The Hall–Kier alpha value is -1.00. The van der Waals surface area contributed by atoms with Crippen molar-refractivity contribution >= 4 is 0 Å². The van der Waals surface area contributed by atoms with Gasteiger partial charge in [-0.3, -0.25) is 0 Å². The number of nitrogens with zero attached hydrogens (tertiary/aromatic N) is 2. The van der Waals surface area contributed by atoms with Crippen molar-refractivity contribution in [1.82, 2.24) is 15.3 Å². The van der Waals surface area contributed by atoms with Gasteiger partial charge in [-0.15, -0.1) is 0 Å². The molecule has 116 valence electrons. The lowest BCUT2D eigenvalue weighted by molar-refractivity contribution is -0.0848. The highest BCUT2D eigenvalue weighted by molar-refractivity contribution is 5.24. The number of hydrogen-bond donors (Lipinski definition) is 1. The number of rotatable bonds is 5. The standard InChI is InChI=1S/C17H27N3O/c1-12(2)18-10-13-5-6-15-14(9-13)11-19-16(20-15)17(21-3)7-4-8-17/h11-13,18H,4-10H2,1-3H3. The van der Waals surface area contributed by atoms with Gasteiger partial charge in [0.25, 0.3) is 0 Å². The van der Waals surface area contributed by atoms with Crippen molar-refractivity contribution in [2.24, 2.45) is 5.92 Å². The van der Waals surface area contributed by atoms with E-state index in [0.717, 1.165) is 44.0 Å². The molecule has 1 unspecified atom stereocenters. The van der Waals surface area contributed by atoms with Crippen molar-refractivity contribution < 1.29 is 4.74 Å². The zero-order valence-corrected chi connectivity index (χ0v) is 13.5. The summed E-state index contributed by atoms with van der Waals surface area (Å²) in [5.74, 6) is 1.63. The molecule has 1 aromatic heterocycles. The normalized spacial score (nSPS) is 23.7. The second-order valence-corrected chi connectivity index (χ2v) is 6.89. The number of ether oxygens (including phenoxy) is 1. The number of methoxy groups -OCH3 is 1. The Bertz CT molecular complexity index is 491. The Kier molecular flexibility index (Phi) is 4.27. The molecular formula is C17H27N3O. The fourth-order valence-corrected chi connectivity index (χ4v) is 3.40. The van der Waals surface area contributed by atoms with E-state index in [1.807, 2.05) is 0 Å². The van der Waals surface area contributed by atoms with E-state index in [1.165, 1.54) is 24.1 Å². The molecule has 3 rings (SSSR count). The zero-order chi connectivity index (χ0) is 14.9. The molecule has 0 aliphatic heterocycles. The molecule has 1 heterocycles. The summed E-state index contributed by atoms with van der Waals surface area (Å²) in [5, 5.41) is 3.55. The maximum Gasteiger partial charge on any atom is 0.160 e. The number of aryl methyl sites for hydroxylation is 1. The third kappa shape index (κ3) is 2.97. The maximum absolute atomic E-state index is 5.70. The molecule has 1 fully saturated rings. The van der Waals surface area contributed by atoms with Gasteiger partial charge in [-0.1, -0.05) is 13.8 Å². The van der Waals surface area contributed by atoms with Crippen LogP contribution in [0.4, 0.5) is 0 Å². The van der Waals surface area contributed by atoms with Gasteiger partial charge >= 0.3 is 0 Å². The van der Waals surface area contributed by atoms with Crippen molar-refractivity contribution in [2.45, 2.75) is 64.0 Å². The molecule has 0 bridgehead atoms. The highest BCUT2D eigenvalue weighted by atomic mass is 16.5. The molecule has 1 saturated carbocycles. The van der Waals surface area contributed by atoms with Crippen LogP contribution in [0.2, 0.25) is 0 Å². The molecular weight excluding hydrogens is 262 g/mol. The van der Waals surface area contributed by atoms with Crippen LogP contribution < -0.4 is 5.32 Å². The second-order valence-electron chi connectivity index (χ2n) is 6.89. The van der Waals surface area contributed by atoms with Crippen LogP contribution in [0.15, 0.2) is 6.20 Å². The first-order valence-electron chi connectivity index (χ1n) is 8.27. The van der Waals surface area contributed by atoms with Crippen molar-refractivity contribution in [1.29, 1.82) is 0 Å². The molecule has 1 aromatic rings. The van der Waals surface area contributed by atoms with E-state index in [0.29, 0.717) is 6.04 Å². The van der Waals surface area contributed by atoms with Gasteiger partial charge in [-0.25, -0.2) is 9.97 Å². The molecule has 2 aliphatic rings. The van der Waals surface area contributed by atoms with E-state index in [4.69, 9.17) is 9.72 Å². The summed E-state index contributed by atoms with van der Waals surface area (Å²) >= 11 is 0. The zero-order valence-electron chi connectivity index (χ0n) is 13.5. The van der Waals surface area contributed by atoms with E-state index in [1.54, 1.807) is 7.11 Å². The topological polar surface area (TPSA) is 47.0 Å². The van der Waals surface area contributed by atoms with E-state index in [-0.39, 0.29) is 5.60 Å². The van der Waals surface area contributed by atoms with Crippen molar-refractivity contribution in [3.05, 3.63) is 23.3 Å². The van der Waals surface area contributed by atoms with Gasteiger partial charge < -0.3 is 10.1 Å². The average Bonchev–Trinajstić information content (AvgIpc) is 2.44. The summed E-state index contributed by atoms with van der Waals surface area (Å²) in [5.41, 5.74) is 2.40. The van der Waals surface area contributed by atoms with Gasteiger partial charge in [0.15, 0.2) is 5.82 Å². The van der Waals surface area contributed by atoms with Gasteiger partial charge in [0, 0.05) is 25.0 Å². The lowest BCUT2D eigenvalue weighted by Gasteiger charge is -2.39. The summed E-state index contributed by atoms with van der Waals surface area (Å²) in [7, 11) is 1.79. The Balaban J connectivity index is 1.71. The van der Waals surface area contributed by atoms with Crippen LogP contribution in [0.25, 0.3) is 0 Å². The highest BCUT2D eigenvalue weighted by Gasteiger charge is 2.42. The predicted molar refractivity (Wildman–Crippen MR) is 83.2 cm³/mol. The maximum atomic E-state index is 5.70. The Morgan fingerprint density at radius 2 is 2.24 bits per heavy atom. The number of nitrogens with one attached hydrogen (secondary N) is 1. The molecule has 0 radical (unpaired) electrons. The Morgan fingerprint density at radius 3 is 2.86 bits per heavy atom. The molecule has 2 aliphatic carbocycles. The molecule has 21 heavy (non-hydrogen) atoms. The molecule has 0 saturated heterocycles. The van der Waals surface area contributed by atoms with Crippen LogP contribution in [-0.4, -0.2) is 29.7 Å². The lowest BCUT2D eigenvalue weighted by Crippen LogP contribution is -2.38. The third-order valence-corrected chi connectivity index (χ3v) is 5.03. The minimum atomic E-state index is -0.189. The summed E-state index contributed by atoms with van der Waals surface area (Å²) < 4.78 is 5.70. The quantitative estimate of drug-likeness (QED) is 0.905. The van der Waals surface area contributed by atoms with Gasteiger partial charge in [-0.05, 0) is 56.6 Å². The van der Waals surface area contributed by atoms with E-state index in [2.05, 4.69) is 30.3 Å². The van der Waals surface area contributed by atoms with Gasteiger partial charge in [0.1, 0.15) is 5.60 Å². The van der Waals surface area contributed by atoms with Crippen LogP contribution in [0, 0.1) is 5.92 Å². The van der Waals surface area contributed by atoms with Crippen LogP contribution in [0.3, 0.4) is 0 Å². The van der Waals surface area contributed by atoms with Crippen molar-refractivity contribution in [3.8, 4) is 0 Å². The number of fused-ring (bicyclic) bond motifs is 1. The molecule has 1 N–H and O–H groups in total. The minimum Gasteiger partial charge on any atom is -0.370 e. The molecule has 0 spiro atoms. The minimum absolute atomic E-state index is 0.189. The predicted octanol–water partition coefficient (Wildman–Crippen LogP) is 2.61. The highest BCUT2D eigenvalue weighted by Crippen LogP contribution is 2.42. The molecule has 1 atom stereocenters. The lowest BCUT2D eigenvalue weighted by atomic mass is 9.79. The number of hydrogen-bond acceptors (Lipinski definition) is 4. The molecule has 4 heteroatoms. The first-order chi connectivity index (χ1) is 10.1. The first kappa shape index (κ1) is 14.9. The van der Waals surface area contributed by atoms with E-state index < -0.39 is 0 Å². The van der Waals surface area contributed by atoms with Crippen LogP contribution in [-0.2, 0) is 23.2 Å². The smallest absolute Gasteiger partial charge is 0.160 e. The Labute approximate surface area is 127 Å². The largest absolute Gasteiger partial charge is 0.370 e. The average molecular weight is 289 g/mol. The van der Waals surface area contributed by atoms with E-state index in [9.17, 15) is 0 Å². The van der Waals surface area contributed by atoms with Gasteiger partial charge in [0.2, 0.25) is 0 Å². The molecule has 0 amide bonds. The summed E-state index contributed by atoms with van der Waals surface area (Å²) in [6.45, 7) is 5.50. The first-order valence-corrected chi connectivity index (χ1v) is 8.27. The fourth-order valence-electron chi connectivity index (χ4n) is 3.40. The summed E-state index contributed by atoms with van der Waals surface area (Å²) in [4.78, 5) is 9.48. The SMILES string of the molecule is COC1(c2ncc3c(n2)CCC(CNC(C)C)C3)CCC1. The molecule has 4 nitrogen and oxygen atoms in total. The van der Waals surface area contributed by atoms with Crippen LogP contribution in [0.5, 0.6) is 0 Å². The third-order valence-electron chi connectivity index (χ3n) is 5.03. The summed E-state index contributed by atoms with van der Waals surface area (Å²) in [6, 6.07) is 0.560. The van der Waals surface area contributed by atoms with Crippen LogP contribution in [0.1, 0.15) is 56.6 Å². The van der Waals surface area contributed by atoms with E-state index >= 15 is 0 Å². The summed E-state index contributed by atoms with van der Waals surface area (Å²) in [6.07, 6.45) is 8.80. The fraction of sp³-hybridized carbons (Fsp3) is 0.765. The van der Waals surface area contributed by atoms with Crippen LogP contribution >= 0.6 is 0 Å². The second kappa shape index (κ2) is 6.01. The molecule has 0 aromatic carbocycles. The van der Waals surface area contributed by atoms with Crippen molar-refractivity contribution in [2.75, 3.05) is 13.7 Å². The van der Waals surface area contributed by atoms with Gasteiger partial charge in [-0.2, -0.15) is 0 Å².